The smallest absolute Gasteiger partial charge is 0.114 e. The van der Waals surface area contributed by atoms with Crippen LogP contribution >= 0.6 is 89.3 Å². The summed E-state index contributed by atoms with van der Waals surface area (Å²) in [4.78, 5) is 2.49. The van der Waals surface area contributed by atoms with Crippen LogP contribution in [-0.4, -0.2) is 35.9 Å². The summed E-state index contributed by atoms with van der Waals surface area (Å²) in [6.07, 6.45) is 8.55. The summed E-state index contributed by atoms with van der Waals surface area (Å²) in [6.45, 7) is 7.06. The van der Waals surface area contributed by atoms with Gasteiger partial charge < -0.3 is 0 Å². The Labute approximate surface area is 325 Å². The molecule has 5 aromatic heterocycles. The maximum absolute atomic E-state index is 4.49. The molecule has 48 heavy (non-hydrogen) atoms. The van der Waals surface area contributed by atoms with E-state index in [9.17, 15) is 0 Å². The molecular weight excluding hydrogens is 927 g/mol. The van der Waals surface area contributed by atoms with Gasteiger partial charge in [0.25, 0.3) is 0 Å². The molecular formula is C36H40Br2N4S5Sn. The Morgan fingerprint density at radius 1 is 0.521 bits per heavy atom. The van der Waals surface area contributed by atoms with Gasteiger partial charge in [0.2, 0.25) is 0 Å². The molecule has 7 aromatic rings. The quantitative estimate of drug-likeness (QED) is 0.115. The van der Waals surface area contributed by atoms with Gasteiger partial charge >= 0.3 is 123 Å². The average Bonchev–Trinajstić information content (AvgIpc) is 3.95. The minimum Gasteiger partial charge on any atom is -0.172 e. The third kappa shape index (κ3) is 9.63. The Hall–Kier alpha value is -1.06. The number of rotatable bonds is 12. The molecule has 0 fully saturated rings. The van der Waals surface area contributed by atoms with E-state index in [2.05, 4.69) is 146 Å². The number of unbranched alkanes of at least 4 members (excludes halogenated alkanes) is 3. The van der Waals surface area contributed by atoms with E-state index in [1.165, 1.54) is 82.9 Å². The summed E-state index contributed by atoms with van der Waals surface area (Å²) in [6, 6.07) is 21.4. The fourth-order valence-corrected chi connectivity index (χ4v) is 29.4. The monoisotopic (exact) mass is 966 g/mol. The summed E-state index contributed by atoms with van der Waals surface area (Å²) in [7, 11) is 0. The van der Waals surface area contributed by atoms with Gasteiger partial charge in [0.15, 0.2) is 0 Å². The van der Waals surface area contributed by atoms with Gasteiger partial charge in [-0.3, -0.25) is 0 Å². The second-order valence-corrected chi connectivity index (χ2v) is 31.4. The summed E-state index contributed by atoms with van der Waals surface area (Å²) < 4.78 is 25.9. The van der Waals surface area contributed by atoms with Crippen molar-refractivity contribution < 1.29 is 0 Å². The molecule has 0 unspecified atom stereocenters. The normalized spacial score (nSPS) is 11.4. The van der Waals surface area contributed by atoms with E-state index in [-0.39, 0.29) is 0 Å². The molecule has 0 bridgehead atoms. The van der Waals surface area contributed by atoms with Crippen LogP contribution in [0.5, 0.6) is 0 Å². The summed E-state index contributed by atoms with van der Waals surface area (Å²) >= 11 is 12.8. The van der Waals surface area contributed by atoms with Crippen LogP contribution in [0, 0.1) is 0 Å². The van der Waals surface area contributed by atoms with Crippen LogP contribution in [0.15, 0.2) is 85.7 Å². The standard InChI is InChI=1S/C14H8N2S3.C6H2Br2N2S.C4H3S.3C4H9.Sn/c1-3-11(17-7-1)9-5-6-10(12-4-2-8-18-12)14-13(9)15-19-16-14;7-3-1-2-4(8)6-5(3)9-11-10-6;1-2-4-5-3-1;3*1-3-4-2;/h1-8H;1-2H;1-3H;3*1,3-4H2,2H3;. The van der Waals surface area contributed by atoms with Crippen molar-refractivity contribution in [3.8, 4) is 20.9 Å². The van der Waals surface area contributed by atoms with Crippen molar-refractivity contribution in [2.75, 3.05) is 0 Å². The minimum absolute atomic E-state index is 0.921. The van der Waals surface area contributed by atoms with Crippen LogP contribution < -0.4 is 2.89 Å². The predicted octanol–water partition coefficient (Wildman–Crippen LogP) is 14.2. The number of fused-ring (bicyclic) bond motifs is 2. The van der Waals surface area contributed by atoms with E-state index in [4.69, 9.17) is 0 Å². The number of aromatic nitrogens is 4. The molecule has 0 radical (unpaired) electrons. The number of nitrogens with zero attached hydrogens (tertiary/aromatic N) is 4. The molecule has 4 nitrogen and oxygen atoms in total. The van der Waals surface area contributed by atoms with Gasteiger partial charge in [-0.15, -0.1) is 22.7 Å². The zero-order chi connectivity index (χ0) is 33.8. The van der Waals surface area contributed by atoms with Gasteiger partial charge in [-0.1, -0.05) is 24.3 Å². The number of thiophene rings is 3. The molecule has 0 atom stereocenters. The zero-order valence-corrected chi connectivity index (χ0v) is 37.6. The molecule has 2 aromatic carbocycles. The van der Waals surface area contributed by atoms with Crippen LogP contribution in [0.2, 0.25) is 13.3 Å². The molecule has 7 rings (SSSR count). The van der Waals surface area contributed by atoms with Crippen molar-refractivity contribution in [2.24, 2.45) is 0 Å². The number of hydrogen-bond acceptors (Lipinski definition) is 9. The Balaban J connectivity index is 0.000000146. The molecule has 0 saturated heterocycles. The molecule has 0 saturated carbocycles. The average molecular weight is 968 g/mol. The van der Waals surface area contributed by atoms with Crippen molar-refractivity contribution >= 4 is 133 Å². The van der Waals surface area contributed by atoms with Crippen LogP contribution in [0.4, 0.5) is 0 Å². The molecule has 0 N–H and O–H groups in total. The fourth-order valence-electron chi connectivity index (χ4n) is 5.80. The van der Waals surface area contributed by atoms with E-state index >= 15 is 0 Å². The van der Waals surface area contributed by atoms with Gasteiger partial charge in [-0.05, 0) is 66.9 Å². The van der Waals surface area contributed by atoms with Gasteiger partial charge in [-0.2, -0.15) is 17.5 Å². The third-order valence-corrected chi connectivity index (χ3v) is 31.8. The molecule has 0 aliphatic rings. The van der Waals surface area contributed by atoms with Gasteiger partial charge in [0.1, 0.15) is 22.1 Å². The first-order valence-corrected chi connectivity index (χ1v) is 29.6. The topological polar surface area (TPSA) is 51.6 Å². The van der Waals surface area contributed by atoms with Gasteiger partial charge in [0.05, 0.1) is 23.5 Å². The first-order valence-electron chi connectivity index (χ1n) is 16.4. The van der Waals surface area contributed by atoms with Gasteiger partial charge in [0, 0.05) is 29.8 Å². The number of benzene rings is 2. The largest absolute Gasteiger partial charge is 0.172 e. The van der Waals surface area contributed by atoms with E-state index < -0.39 is 18.4 Å². The van der Waals surface area contributed by atoms with Gasteiger partial charge in [-0.25, -0.2) is 0 Å². The Kier molecular flexibility index (Phi) is 15.5. The summed E-state index contributed by atoms with van der Waals surface area (Å²) in [5.74, 6) is 0. The van der Waals surface area contributed by atoms with Crippen molar-refractivity contribution in [2.45, 2.75) is 72.6 Å². The molecule has 252 valence electrons. The van der Waals surface area contributed by atoms with Crippen LogP contribution in [0.25, 0.3) is 42.9 Å². The molecule has 0 aliphatic heterocycles. The molecule has 0 spiro atoms. The first kappa shape index (κ1) is 38.2. The molecule has 0 aliphatic carbocycles. The number of hydrogen-bond donors (Lipinski definition) is 0. The third-order valence-electron chi connectivity index (χ3n) is 8.38. The van der Waals surface area contributed by atoms with Crippen molar-refractivity contribution in [1.29, 1.82) is 0 Å². The van der Waals surface area contributed by atoms with E-state index in [0.29, 0.717) is 0 Å². The summed E-state index contributed by atoms with van der Waals surface area (Å²) in [5, 5.41) is 6.49. The Morgan fingerprint density at radius 2 is 0.938 bits per heavy atom. The van der Waals surface area contributed by atoms with Crippen LogP contribution in [0.3, 0.4) is 0 Å². The summed E-state index contributed by atoms with van der Waals surface area (Å²) in [5.41, 5.74) is 6.23. The molecule has 12 heteroatoms. The van der Waals surface area contributed by atoms with Crippen LogP contribution in [0.1, 0.15) is 59.3 Å². The Morgan fingerprint density at radius 3 is 1.31 bits per heavy atom. The second kappa shape index (κ2) is 19.5. The SMILES string of the molecule is Brc1ccc(Br)c2nsnc12.CCC[CH2][Sn]([CH2]CCC)([CH2]CCC)[c]1cccs1.c1csc(-c2ccc(-c3cccs3)c3nsnc23)c1. The van der Waals surface area contributed by atoms with E-state index in [1.807, 2.05) is 15.0 Å². The zero-order valence-electron chi connectivity index (χ0n) is 27.5. The first-order chi connectivity index (χ1) is 23.5. The number of halogens is 2. The van der Waals surface area contributed by atoms with E-state index in [1.54, 1.807) is 36.0 Å². The van der Waals surface area contributed by atoms with Crippen molar-refractivity contribution in [1.82, 2.24) is 17.5 Å². The molecule has 5 heterocycles. The Bertz CT molecular complexity index is 1810. The predicted molar refractivity (Wildman–Crippen MR) is 226 cm³/mol. The van der Waals surface area contributed by atoms with Crippen molar-refractivity contribution in [3.05, 3.63) is 85.7 Å². The van der Waals surface area contributed by atoms with Crippen LogP contribution in [-0.2, 0) is 0 Å². The molecule has 0 amide bonds. The van der Waals surface area contributed by atoms with Crippen molar-refractivity contribution in [3.63, 3.8) is 0 Å². The maximum atomic E-state index is 4.49. The second-order valence-electron chi connectivity index (χ2n) is 11.6. The maximum Gasteiger partial charge on any atom is 0.114 e. The van der Waals surface area contributed by atoms with E-state index in [0.717, 1.165) is 31.0 Å². The minimum atomic E-state index is -2.01. The fraction of sp³-hybridized carbons (Fsp3) is 0.333.